The Kier molecular flexibility index (Phi) is 23.8. The molecule has 16 heteroatoms. The van der Waals surface area contributed by atoms with Gasteiger partial charge >= 0.3 is 0 Å². The van der Waals surface area contributed by atoms with E-state index in [1.54, 1.807) is 44.2 Å². The van der Waals surface area contributed by atoms with Crippen molar-refractivity contribution in [2.24, 2.45) is 9.36 Å². The van der Waals surface area contributed by atoms with Crippen LogP contribution in [0, 0.1) is 0 Å². The number of benzene rings is 6. The molecule has 0 bridgehead atoms. The molecule has 0 spiro atoms. The van der Waals surface area contributed by atoms with Crippen molar-refractivity contribution in [2.45, 2.75) is 58.3 Å². The van der Waals surface area contributed by atoms with E-state index in [4.69, 9.17) is 80.7 Å². The molecule has 9 nitrogen and oxygen atoms in total. The molecule has 6 aromatic rings. The molecule has 6 aromatic carbocycles. The van der Waals surface area contributed by atoms with E-state index in [9.17, 15) is 10.2 Å². The summed E-state index contributed by atoms with van der Waals surface area (Å²) in [5.41, 5.74) is 10.1. The normalized spacial score (nSPS) is 15.6. The van der Waals surface area contributed by atoms with Crippen LogP contribution >= 0.6 is 70.2 Å². The van der Waals surface area contributed by atoms with Crippen molar-refractivity contribution in [1.29, 1.82) is 0 Å². The number of halogens is 5. The summed E-state index contributed by atoms with van der Waals surface area (Å²) in [6, 6.07) is 45.7. The van der Waals surface area contributed by atoms with Gasteiger partial charge in [-0.15, -0.1) is 23.2 Å². The van der Waals surface area contributed by atoms with E-state index in [0.717, 1.165) is 46.7 Å². The number of rotatable bonds is 9. The molecule has 356 valence electrons. The first-order chi connectivity index (χ1) is 31.9. The number of aliphatic imine (C=N–C) groups is 1. The molecule has 1 aliphatic rings. The first-order valence-corrected chi connectivity index (χ1v) is 24.1. The van der Waals surface area contributed by atoms with Gasteiger partial charge in [0.1, 0.15) is 11.2 Å². The summed E-state index contributed by atoms with van der Waals surface area (Å²) in [7, 11) is 0. The lowest BCUT2D eigenvalue weighted by atomic mass is 9.86. The van der Waals surface area contributed by atoms with Crippen LogP contribution in [-0.4, -0.2) is 46.3 Å². The van der Waals surface area contributed by atoms with E-state index in [1.807, 2.05) is 131 Å². The quantitative estimate of drug-likeness (QED) is 0.0475. The van der Waals surface area contributed by atoms with Crippen molar-refractivity contribution in [3.05, 3.63) is 194 Å². The molecule has 0 aromatic heterocycles. The average Bonchev–Trinajstić information content (AvgIpc) is 3.32. The number of nitrogen functional groups attached to an aromatic ring is 1. The molecule has 67 heavy (non-hydrogen) atoms. The smallest absolute Gasteiger partial charge is 0.290 e. The number of hydrogen-bond acceptors (Lipinski definition) is 8. The maximum absolute atomic E-state index is 11.0. The molecule has 3 atom stereocenters. The van der Waals surface area contributed by atoms with Gasteiger partial charge in [0.15, 0.2) is 10.7 Å². The predicted molar refractivity (Wildman–Crippen MR) is 291 cm³/mol. The highest BCUT2D eigenvalue weighted by molar-refractivity contribution is 7.80. The zero-order valence-corrected chi connectivity index (χ0v) is 43.6. The second kappa shape index (κ2) is 28.1. The van der Waals surface area contributed by atoms with Crippen LogP contribution in [0.15, 0.2) is 155 Å². The lowest BCUT2D eigenvalue weighted by Crippen LogP contribution is -2.39. The highest BCUT2D eigenvalue weighted by Gasteiger charge is 2.38. The van der Waals surface area contributed by atoms with E-state index < -0.39 is 16.8 Å². The van der Waals surface area contributed by atoms with Crippen LogP contribution in [0.3, 0.4) is 0 Å². The third-order valence-electron chi connectivity index (χ3n) is 10.1. The highest BCUT2D eigenvalue weighted by atomic mass is 35.5. The van der Waals surface area contributed by atoms with E-state index in [-0.39, 0.29) is 5.34 Å². The number of fused-ring (bicyclic) bond motifs is 1. The number of nitrogens with zero attached hydrogens (tertiary/aromatic N) is 2. The predicted octanol–water partition coefficient (Wildman–Crippen LogP) is 13.7. The van der Waals surface area contributed by atoms with Crippen molar-refractivity contribution in [2.75, 3.05) is 41.3 Å². The Bertz CT molecular complexity index is 2510. The Balaban J connectivity index is 0.000000250. The molecule has 7 N–H and O–H groups in total. The number of anilines is 3. The molecule has 0 aliphatic carbocycles. The molecule has 0 saturated carbocycles. The molecule has 1 aliphatic heterocycles. The first-order valence-electron chi connectivity index (χ1n) is 21.2. The van der Waals surface area contributed by atoms with Crippen LogP contribution in [0.2, 0.25) is 15.1 Å². The Morgan fingerprint density at radius 1 is 0.716 bits per heavy atom. The Labute approximate surface area is 431 Å². The second-order valence-electron chi connectivity index (χ2n) is 14.9. The van der Waals surface area contributed by atoms with Crippen molar-refractivity contribution >= 4 is 111 Å². The molecule has 0 unspecified atom stereocenters. The van der Waals surface area contributed by atoms with Gasteiger partial charge in [0.05, 0.1) is 5.34 Å². The van der Waals surface area contributed by atoms with Gasteiger partial charge in [0.2, 0.25) is 0 Å². The van der Waals surface area contributed by atoms with Crippen LogP contribution < -0.4 is 21.7 Å². The summed E-state index contributed by atoms with van der Waals surface area (Å²) in [6.07, 6.45) is 0. The number of nitrogens with two attached hydrogens (primary N) is 1. The largest absolute Gasteiger partial charge is 0.449 e. The van der Waals surface area contributed by atoms with Crippen LogP contribution in [-0.2, 0) is 34.0 Å². The van der Waals surface area contributed by atoms with Crippen LogP contribution in [0.25, 0.3) is 0 Å². The second-order valence-corrected chi connectivity index (χ2v) is 17.7. The lowest BCUT2D eigenvalue weighted by Gasteiger charge is -2.38. The molecular weight excluding hydrogens is 986 g/mol. The average molecular weight is 1040 g/mol. The van der Waals surface area contributed by atoms with Gasteiger partial charge in [0.25, 0.3) is 6.02 Å². The van der Waals surface area contributed by atoms with Crippen molar-refractivity contribution in [3.63, 3.8) is 0 Å². The van der Waals surface area contributed by atoms with Crippen molar-refractivity contribution in [3.8, 4) is 0 Å². The van der Waals surface area contributed by atoms with Crippen molar-refractivity contribution < 1.29 is 14.9 Å². The molecule has 0 fully saturated rings. The molecule has 0 amide bonds. The zero-order chi connectivity index (χ0) is 49.6. The summed E-state index contributed by atoms with van der Waals surface area (Å²) in [4.78, 5) is 4.38. The topological polar surface area (TPSA) is 137 Å². The maximum atomic E-state index is 11.0. The summed E-state index contributed by atoms with van der Waals surface area (Å²) in [5.74, 6) is 0. The molecular formula is C51H57Cl5N6O3S2. The standard InChI is InChI=1S/C17H19ClN2OS.C17H17ClN2O.C14H14ClNO.C2H5NS.CH2Cl2/c1-3-19-16(22)20-15-10-9-13(18)11-14(15)17(2,21)12-7-5-4-6-8-12;1-3-19-16-20-15-10-9-13(18)11-14(15)17(2,21-16)12-7-5-4-6-8-12;1-14(17,10-5-3-2-4-6-10)12-9-11(15)7-8-13(12)16;1-2-3-4;2-1-3/h4-11,21H,3H2,1-2H3,(H2,19,20,22);4-11H,3H2,1-2H3,(H,19,20);2-9,17H,16H2,1H3;2H2,1H3;1H2/t2*17-;14-;;/m111../s1. The molecule has 0 saturated heterocycles. The van der Waals surface area contributed by atoms with Gasteiger partial charge in [-0.3, -0.25) is 0 Å². The van der Waals surface area contributed by atoms with E-state index >= 15 is 0 Å². The molecule has 7 rings (SSSR count). The zero-order valence-electron chi connectivity index (χ0n) is 38.2. The minimum Gasteiger partial charge on any atom is -0.449 e. The summed E-state index contributed by atoms with van der Waals surface area (Å²) >= 11 is 37.2. The summed E-state index contributed by atoms with van der Waals surface area (Å²) in [5, 5.41) is 33.6. The Hall–Kier alpha value is -4.53. The van der Waals surface area contributed by atoms with Crippen LogP contribution in [0.4, 0.5) is 17.1 Å². The minimum atomic E-state index is -1.18. The third-order valence-corrected chi connectivity index (χ3v) is 11.3. The fraction of sp³-hybridized carbons (Fsp3) is 0.255. The van der Waals surface area contributed by atoms with Gasteiger partial charge in [-0.05, 0) is 125 Å². The fourth-order valence-corrected chi connectivity index (χ4v) is 7.51. The molecule has 0 radical (unpaired) electrons. The highest BCUT2D eigenvalue weighted by Crippen LogP contribution is 2.42. The summed E-state index contributed by atoms with van der Waals surface area (Å²) in [6.45, 7) is 13.5. The summed E-state index contributed by atoms with van der Waals surface area (Å²) < 4.78 is 9.48. The third kappa shape index (κ3) is 16.6. The van der Waals surface area contributed by atoms with Crippen molar-refractivity contribution in [1.82, 2.24) is 5.32 Å². The van der Waals surface area contributed by atoms with E-state index in [2.05, 4.69) is 49.9 Å². The Morgan fingerprint density at radius 3 is 1.69 bits per heavy atom. The Morgan fingerprint density at radius 2 is 1.18 bits per heavy atom. The fourth-order valence-electron chi connectivity index (χ4n) is 6.74. The molecule has 1 heterocycles. The number of hydrogen-bond donors (Lipinski definition) is 6. The lowest BCUT2D eigenvalue weighted by molar-refractivity contribution is 0.103. The van der Waals surface area contributed by atoms with E-state index in [0.29, 0.717) is 49.6 Å². The van der Waals surface area contributed by atoms with E-state index in [1.165, 1.54) is 0 Å². The minimum absolute atomic E-state index is 0.194. The number of ether oxygens (including phenoxy) is 1. The van der Waals surface area contributed by atoms with Gasteiger partial charge in [0, 0.05) is 80.9 Å². The van der Waals surface area contributed by atoms with Gasteiger partial charge in [-0.2, -0.15) is 0 Å². The van der Waals surface area contributed by atoms with Crippen LogP contribution in [0.5, 0.6) is 0 Å². The maximum Gasteiger partial charge on any atom is 0.290 e. The van der Waals surface area contributed by atoms with Gasteiger partial charge in [-0.1, -0.05) is 126 Å². The number of nitrogens with one attached hydrogen (secondary N) is 3. The first kappa shape index (κ1) is 56.8. The number of amidine groups is 1. The number of alkyl halides is 2. The SMILES string of the molecule is CCN=C1Nc2ccc(Cl)cc2[C@@](C)(c2ccccc2)O1.CCN=S.CCNC(=S)Nc1ccc(Cl)cc1[C@](C)(O)c1ccccc1.C[C@@](O)(c1ccccc1)c1cc(Cl)ccc1N.ClCCl. The van der Waals surface area contributed by atoms with Gasteiger partial charge < -0.3 is 36.6 Å². The number of thiocarbonyl (C=S) groups is 1. The number of aliphatic hydroxyl groups is 2. The van der Waals surface area contributed by atoms with Crippen LogP contribution in [0.1, 0.15) is 74.9 Å². The monoisotopic (exact) mass is 1040 g/mol. The van der Waals surface area contributed by atoms with Gasteiger partial charge in [-0.25, -0.2) is 9.36 Å².